The van der Waals surface area contributed by atoms with Gasteiger partial charge in [0.1, 0.15) is 11.8 Å². The van der Waals surface area contributed by atoms with Gasteiger partial charge in [-0.25, -0.2) is 4.79 Å². The van der Waals surface area contributed by atoms with Gasteiger partial charge in [0.05, 0.1) is 6.42 Å². The van der Waals surface area contributed by atoms with Crippen molar-refractivity contribution in [3.63, 3.8) is 0 Å². The van der Waals surface area contributed by atoms with E-state index in [1.165, 1.54) is 6.08 Å². The van der Waals surface area contributed by atoms with Gasteiger partial charge < -0.3 is 20.6 Å². The maximum Gasteiger partial charge on any atom is 0.326 e. The van der Waals surface area contributed by atoms with Crippen molar-refractivity contribution >= 4 is 39.8 Å². The summed E-state index contributed by atoms with van der Waals surface area (Å²) in [5.74, 6) is -2.39. The maximum atomic E-state index is 11.5. The number of hydrogen-bond acceptors (Lipinski definition) is 4. The topological polar surface area (TPSA) is 123 Å². The number of nitrogens with two attached hydrogens (primary N) is 1. The van der Waals surface area contributed by atoms with Crippen molar-refractivity contribution in [2.24, 2.45) is 5.73 Å². The van der Waals surface area contributed by atoms with Gasteiger partial charge in [-0.1, -0.05) is 0 Å². The summed E-state index contributed by atoms with van der Waals surface area (Å²) >= 11 is 3.10. The third-order valence-corrected chi connectivity index (χ3v) is 2.44. The van der Waals surface area contributed by atoms with Gasteiger partial charge in [0.2, 0.25) is 11.8 Å². The zero-order chi connectivity index (χ0) is 14.4. The molecule has 7 nitrogen and oxygen atoms in total. The summed E-state index contributed by atoms with van der Waals surface area (Å²) < 4.78 is 5.61. The molecule has 1 rings (SSSR count). The van der Waals surface area contributed by atoms with Gasteiger partial charge in [-0.3, -0.25) is 9.59 Å². The summed E-state index contributed by atoms with van der Waals surface area (Å²) in [6.07, 6.45) is 1.99. The van der Waals surface area contributed by atoms with Crippen molar-refractivity contribution in [1.82, 2.24) is 5.32 Å². The Morgan fingerprint density at radius 2 is 2.16 bits per heavy atom. The van der Waals surface area contributed by atoms with E-state index in [-0.39, 0.29) is 0 Å². The molecule has 0 spiro atoms. The van der Waals surface area contributed by atoms with Gasteiger partial charge in [0.25, 0.3) is 0 Å². The number of primary amides is 1. The Labute approximate surface area is 116 Å². The smallest absolute Gasteiger partial charge is 0.326 e. The largest absolute Gasteiger partial charge is 0.480 e. The van der Waals surface area contributed by atoms with E-state index in [9.17, 15) is 14.4 Å². The van der Waals surface area contributed by atoms with E-state index in [2.05, 4.69) is 21.2 Å². The molecular formula is C11H11BrN2O5. The average molecular weight is 331 g/mol. The van der Waals surface area contributed by atoms with Crippen molar-refractivity contribution in [1.29, 1.82) is 0 Å². The monoisotopic (exact) mass is 330 g/mol. The van der Waals surface area contributed by atoms with E-state index < -0.39 is 30.2 Å². The number of hydrogen-bond donors (Lipinski definition) is 3. The number of furan rings is 1. The van der Waals surface area contributed by atoms with Crippen molar-refractivity contribution in [3.05, 3.63) is 28.6 Å². The number of carbonyl (C=O) groups excluding carboxylic acids is 2. The number of halogens is 1. The van der Waals surface area contributed by atoms with E-state index in [0.29, 0.717) is 10.4 Å². The third kappa shape index (κ3) is 5.38. The number of carboxylic acid groups (broad SMARTS) is 1. The fourth-order valence-corrected chi connectivity index (χ4v) is 1.52. The quantitative estimate of drug-likeness (QED) is 0.655. The molecule has 0 saturated heterocycles. The summed E-state index contributed by atoms with van der Waals surface area (Å²) in [6.45, 7) is 0. The second-order valence-corrected chi connectivity index (χ2v) is 4.33. The Kier molecular flexibility index (Phi) is 5.31. The fraction of sp³-hybridized carbons (Fsp3) is 0.182. The molecule has 19 heavy (non-hydrogen) atoms. The molecule has 102 valence electrons. The van der Waals surface area contributed by atoms with Crippen LogP contribution in [0.3, 0.4) is 0 Å². The number of carboxylic acids is 1. The SMILES string of the molecule is NC(=O)CC(NC(=O)/C=C/c1ccc(Br)o1)C(=O)O. The first kappa shape index (κ1) is 15.0. The van der Waals surface area contributed by atoms with Crippen LogP contribution in [0, 0.1) is 0 Å². The number of nitrogens with one attached hydrogen (secondary N) is 1. The fourth-order valence-electron chi connectivity index (χ4n) is 1.20. The highest BCUT2D eigenvalue weighted by atomic mass is 79.9. The van der Waals surface area contributed by atoms with Gasteiger partial charge in [0.15, 0.2) is 4.67 Å². The average Bonchev–Trinajstić information content (AvgIpc) is 2.71. The molecule has 1 aromatic heterocycles. The normalized spacial score (nSPS) is 12.3. The molecule has 2 amide bonds. The van der Waals surface area contributed by atoms with Crippen molar-refractivity contribution in [2.75, 3.05) is 0 Å². The lowest BCUT2D eigenvalue weighted by molar-refractivity contribution is -0.142. The second kappa shape index (κ2) is 6.74. The van der Waals surface area contributed by atoms with Crippen molar-refractivity contribution in [3.8, 4) is 0 Å². The van der Waals surface area contributed by atoms with Crippen LogP contribution in [0.5, 0.6) is 0 Å². The van der Waals surface area contributed by atoms with Gasteiger partial charge in [-0.15, -0.1) is 0 Å². The summed E-state index contributed by atoms with van der Waals surface area (Å²) in [5.41, 5.74) is 4.88. The summed E-state index contributed by atoms with van der Waals surface area (Å²) in [6, 6.07) is 1.91. The molecule has 1 unspecified atom stereocenters. The maximum absolute atomic E-state index is 11.5. The minimum absolute atomic E-state index is 0.420. The second-order valence-electron chi connectivity index (χ2n) is 3.55. The van der Waals surface area contributed by atoms with E-state index in [1.807, 2.05) is 0 Å². The first-order valence-electron chi connectivity index (χ1n) is 5.13. The Morgan fingerprint density at radius 1 is 1.47 bits per heavy atom. The van der Waals surface area contributed by atoms with Crippen molar-refractivity contribution < 1.29 is 23.9 Å². The Bertz CT molecular complexity index is 523. The first-order valence-corrected chi connectivity index (χ1v) is 5.93. The van der Waals surface area contributed by atoms with Crippen LogP contribution in [0.15, 0.2) is 27.3 Å². The molecule has 0 radical (unpaired) electrons. The van der Waals surface area contributed by atoms with E-state index in [4.69, 9.17) is 15.3 Å². The Balaban J connectivity index is 2.60. The predicted molar refractivity (Wildman–Crippen MR) is 68.8 cm³/mol. The Morgan fingerprint density at radius 3 is 2.63 bits per heavy atom. The van der Waals surface area contributed by atoms with E-state index >= 15 is 0 Å². The van der Waals surface area contributed by atoms with Crippen LogP contribution in [0.2, 0.25) is 0 Å². The molecule has 0 aliphatic carbocycles. The van der Waals surface area contributed by atoms with Crippen LogP contribution in [-0.2, 0) is 14.4 Å². The van der Waals surface area contributed by atoms with Crippen LogP contribution in [-0.4, -0.2) is 28.9 Å². The lowest BCUT2D eigenvalue weighted by Gasteiger charge is -2.10. The number of aliphatic carboxylic acids is 1. The first-order chi connectivity index (χ1) is 8.88. The minimum Gasteiger partial charge on any atom is -0.480 e. The number of rotatable bonds is 6. The molecule has 0 saturated carbocycles. The molecule has 0 aromatic carbocycles. The summed E-state index contributed by atoms with van der Waals surface area (Å²) in [4.78, 5) is 32.9. The summed E-state index contributed by atoms with van der Waals surface area (Å²) in [7, 11) is 0. The zero-order valence-corrected chi connectivity index (χ0v) is 11.2. The van der Waals surface area contributed by atoms with Crippen LogP contribution < -0.4 is 11.1 Å². The highest BCUT2D eigenvalue weighted by Gasteiger charge is 2.20. The van der Waals surface area contributed by atoms with Crippen LogP contribution in [0.1, 0.15) is 12.2 Å². The standard InChI is InChI=1S/C11H11BrN2O5/c12-8-3-1-6(19-8)2-4-10(16)14-7(11(17)18)5-9(13)15/h1-4,7H,5H2,(H2,13,15)(H,14,16)(H,17,18)/b4-2+. The number of carbonyl (C=O) groups is 3. The zero-order valence-electron chi connectivity index (χ0n) is 9.63. The molecule has 0 aliphatic heterocycles. The molecule has 8 heteroatoms. The molecule has 1 atom stereocenters. The minimum atomic E-state index is -1.35. The number of amides is 2. The van der Waals surface area contributed by atoms with E-state index in [0.717, 1.165) is 6.08 Å². The van der Waals surface area contributed by atoms with Gasteiger partial charge in [-0.2, -0.15) is 0 Å². The lowest BCUT2D eigenvalue weighted by Crippen LogP contribution is -2.42. The van der Waals surface area contributed by atoms with Crippen molar-refractivity contribution in [2.45, 2.75) is 12.5 Å². The predicted octanol–water partition coefficient (Wildman–Crippen LogP) is 0.500. The molecule has 1 aromatic rings. The highest BCUT2D eigenvalue weighted by molar-refractivity contribution is 9.10. The van der Waals surface area contributed by atoms with Gasteiger partial charge >= 0.3 is 5.97 Å². The molecule has 0 fully saturated rings. The lowest BCUT2D eigenvalue weighted by atomic mass is 10.2. The van der Waals surface area contributed by atoms with Crippen LogP contribution in [0.4, 0.5) is 0 Å². The van der Waals surface area contributed by atoms with Crippen LogP contribution >= 0.6 is 15.9 Å². The van der Waals surface area contributed by atoms with E-state index in [1.54, 1.807) is 12.1 Å². The summed E-state index contributed by atoms with van der Waals surface area (Å²) in [5, 5.41) is 10.9. The third-order valence-electron chi connectivity index (χ3n) is 2.01. The highest BCUT2D eigenvalue weighted by Crippen LogP contribution is 2.14. The van der Waals surface area contributed by atoms with Gasteiger partial charge in [0, 0.05) is 6.08 Å². The molecule has 4 N–H and O–H groups in total. The molecule has 1 heterocycles. The molecular weight excluding hydrogens is 320 g/mol. The van der Waals surface area contributed by atoms with Gasteiger partial charge in [-0.05, 0) is 34.1 Å². The van der Waals surface area contributed by atoms with Crippen LogP contribution in [0.25, 0.3) is 6.08 Å². The molecule has 0 bridgehead atoms. The molecule has 0 aliphatic rings. The Hall–Kier alpha value is -2.09.